The van der Waals surface area contributed by atoms with Crippen LogP contribution in [0.25, 0.3) is 0 Å². The van der Waals surface area contributed by atoms with Crippen molar-refractivity contribution in [1.29, 1.82) is 0 Å². The number of carbonyl (C=O) groups excluding carboxylic acids is 2. The average Bonchev–Trinajstić information content (AvgIpc) is 2.82. The largest absolute Gasteiger partial charge is 0.350 e. The highest BCUT2D eigenvalue weighted by atomic mass is 16.2. The van der Waals surface area contributed by atoms with Gasteiger partial charge in [0, 0.05) is 18.3 Å². The Kier molecular flexibility index (Phi) is 3.64. The lowest BCUT2D eigenvalue weighted by molar-refractivity contribution is -0.125. The number of fused-ring (bicyclic) bond motifs is 1. The predicted molar refractivity (Wildman–Crippen MR) is 78.5 cm³/mol. The summed E-state index contributed by atoms with van der Waals surface area (Å²) in [5.74, 6) is -0.688. The molecule has 2 aromatic rings. The maximum Gasteiger partial charge on any atom is 0.232 e. The van der Waals surface area contributed by atoms with Crippen LogP contribution in [0.1, 0.15) is 23.6 Å². The zero-order valence-electron chi connectivity index (χ0n) is 11.4. The fourth-order valence-electron chi connectivity index (χ4n) is 2.43. The van der Waals surface area contributed by atoms with Gasteiger partial charge >= 0.3 is 0 Å². The molecule has 0 spiro atoms. The number of pyridine rings is 1. The minimum absolute atomic E-state index is 0.121. The smallest absolute Gasteiger partial charge is 0.232 e. The van der Waals surface area contributed by atoms with E-state index in [9.17, 15) is 9.59 Å². The summed E-state index contributed by atoms with van der Waals surface area (Å²) in [6, 6.07) is 13.0. The van der Waals surface area contributed by atoms with Crippen LogP contribution in [-0.4, -0.2) is 16.8 Å². The van der Waals surface area contributed by atoms with Crippen LogP contribution in [0, 0.1) is 0 Å². The van der Waals surface area contributed by atoms with E-state index in [4.69, 9.17) is 0 Å². The summed E-state index contributed by atoms with van der Waals surface area (Å²) < 4.78 is 0. The molecule has 1 atom stereocenters. The lowest BCUT2D eigenvalue weighted by atomic mass is 9.97. The van der Waals surface area contributed by atoms with Crippen LogP contribution >= 0.6 is 0 Å². The van der Waals surface area contributed by atoms with E-state index < -0.39 is 5.92 Å². The van der Waals surface area contributed by atoms with Crippen molar-refractivity contribution < 1.29 is 9.59 Å². The third-order valence-electron chi connectivity index (χ3n) is 3.49. The Labute approximate surface area is 122 Å². The number of rotatable bonds is 4. The molecule has 1 unspecified atom stereocenters. The molecule has 1 aliphatic heterocycles. The Morgan fingerprint density at radius 3 is 2.81 bits per heavy atom. The van der Waals surface area contributed by atoms with Crippen molar-refractivity contribution in [2.45, 2.75) is 18.9 Å². The van der Waals surface area contributed by atoms with Gasteiger partial charge in [0.2, 0.25) is 11.8 Å². The summed E-state index contributed by atoms with van der Waals surface area (Å²) in [6.45, 7) is 0.371. The molecule has 0 radical (unpaired) electrons. The second-order valence-corrected chi connectivity index (χ2v) is 4.93. The Hall–Kier alpha value is -2.69. The maximum atomic E-state index is 12.0. The quantitative estimate of drug-likeness (QED) is 0.898. The van der Waals surface area contributed by atoms with Crippen molar-refractivity contribution in [3.8, 4) is 0 Å². The maximum absolute atomic E-state index is 12.0. The minimum Gasteiger partial charge on any atom is -0.350 e. The molecule has 2 heterocycles. The zero-order valence-corrected chi connectivity index (χ0v) is 11.4. The number of nitrogens with zero attached hydrogens (tertiary/aromatic N) is 1. The van der Waals surface area contributed by atoms with Crippen LogP contribution in [-0.2, 0) is 16.1 Å². The number of aromatic nitrogens is 1. The number of amides is 2. The highest BCUT2D eigenvalue weighted by Gasteiger charge is 2.31. The Bertz CT molecular complexity index is 670. The van der Waals surface area contributed by atoms with Crippen molar-refractivity contribution in [2.75, 3.05) is 5.32 Å². The molecule has 3 rings (SSSR count). The lowest BCUT2D eigenvalue weighted by Gasteiger charge is -2.09. The molecule has 5 heteroatoms. The van der Waals surface area contributed by atoms with E-state index in [1.807, 2.05) is 42.5 Å². The molecule has 5 nitrogen and oxygen atoms in total. The van der Waals surface area contributed by atoms with E-state index in [-0.39, 0.29) is 18.2 Å². The average molecular weight is 281 g/mol. The lowest BCUT2D eigenvalue weighted by Crippen LogP contribution is -2.27. The van der Waals surface area contributed by atoms with Gasteiger partial charge < -0.3 is 10.6 Å². The van der Waals surface area contributed by atoms with Crippen molar-refractivity contribution in [1.82, 2.24) is 10.3 Å². The van der Waals surface area contributed by atoms with Crippen LogP contribution in [0.15, 0.2) is 48.7 Å². The molecule has 21 heavy (non-hydrogen) atoms. The molecular formula is C16H15N3O2. The summed E-state index contributed by atoms with van der Waals surface area (Å²) in [7, 11) is 0. The first-order valence-electron chi connectivity index (χ1n) is 6.80. The molecule has 2 amide bonds. The van der Waals surface area contributed by atoms with Crippen LogP contribution in [0.4, 0.5) is 5.69 Å². The minimum atomic E-state index is -0.412. The second-order valence-electron chi connectivity index (χ2n) is 4.93. The second kappa shape index (κ2) is 5.75. The molecule has 0 fully saturated rings. The highest BCUT2D eigenvalue weighted by molar-refractivity contribution is 6.04. The van der Waals surface area contributed by atoms with Gasteiger partial charge in [0.05, 0.1) is 18.2 Å². The normalized spacial score (nSPS) is 16.2. The van der Waals surface area contributed by atoms with E-state index >= 15 is 0 Å². The Morgan fingerprint density at radius 2 is 2.00 bits per heavy atom. The zero-order chi connectivity index (χ0) is 14.7. The fraction of sp³-hybridized carbons (Fsp3) is 0.188. The van der Waals surface area contributed by atoms with Gasteiger partial charge in [-0.2, -0.15) is 0 Å². The van der Waals surface area contributed by atoms with E-state index in [0.29, 0.717) is 6.54 Å². The molecule has 0 saturated heterocycles. The van der Waals surface area contributed by atoms with Crippen molar-refractivity contribution in [3.05, 3.63) is 59.9 Å². The third kappa shape index (κ3) is 2.91. The monoisotopic (exact) mass is 281 g/mol. The van der Waals surface area contributed by atoms with E-state index in [1.165, 1.54) is 0 Å². The number of anilines is 1. The van der Waals surface area contributed by atoms with Gasteiger partial charge in [-0.3, -0.25) is 14.6 Å². The van der Waals surface area contributed by atoms with Gasteiger partial charge in [0.15, 0.2) is 0 Å². The fourth-order valence-corrected chi connectivity index (χ4v) is 2.43. The summed E-state index contributed by atoms with van der Waals surface area (Å²) in [5, 5.41) is 5.59. The van der Waals surface area contributed by atoms with Gasteiger partial charge in [-0.15, -0.1) is 0 Å². The molecule has 2 N–H and O–H groups in total. The summed E-state index contributed by atoms with van der Waals surface area (Å²) in [5.41, 5.74) is 2.47. The van der Waals surface area contributed by atoms with E-state index in [0.717, 1.165) is 16.9 Å². The first-order valence-corrected chi connectivity index (χ1v) is 6.80. The van der Waals surface area contributed by atoms with Crippen LogP contribution in [0.2, 0.25) is 0 Å². The highest BCUT2D eigenvalue weighted by Crippen LogP contribution is 2.34. The van der Waals surface area contributed by atoms with Gasteiger partial charge in [-0.05, 0) is 23.8 Å². The predicted octanol–water partition coefficient (Wildman–Crippen LogP) is 1.82. The number of hydrogen-bond acceptors (Lipinski definition) is 3. The molecule has 0 bridgehead atoms. The molecular weight excluding hydrogens is 266 g/mol. The van der Waals surface area contributed by atoms with Gasteiger partial charge in [0.1, 0.15) is 0 Å². The SMILES string of the molecule is O=C(CC1C(=O)Nc2ccccc21)NCc1ccccn1. The molecule has 0 saturated carbocycles. The molecule has 1 aromatic heterocycles. The Balaban J connectivity index is 1.62. The van der Waals surface area contributed by atoms with E-state index in [2.05, 4.69) is 15.6 Å². The number of carbonyl (C=O) groups is 2. The van der Waals surface area contributed by atoms with Gasteiger partial charge in [-0.25, -0.2) is 0 Å². The molecule has 106 valence electrons. The van der Waals surface area contributed by atoms with Crippen LogP contribution < -0.4 is 10.6 Å². The number of nitrogens with one attached hydrogen (secondary N) is 2. The molecule has 1 aliphatic rings. The number of hydrogen-bond donors (Lipinski definition) is 2. The third-order valence-corrected chi connectivity index (χ3v) is 3.49. The van der Waals surface area contributed by atoms with Crippen molar-refractivity contribution in [3.63, 3.8) is 0 Å². The van der Waals surface area contributed by atoms with Gasteiger partial charge in [0.25, 0.3) is 0 Å². The molecule has 1 aromatic carbocycles. The van der Waals surface area contributed by atoms with Crippen LogP contribution in [0.3, 0.4) is 0 Å². The van der Waals surface area contributed by atoms with Crippen LogP contribution in [0.5, 0.6) is 0 Å². The summed E-state index contributed by atoms with van der Waals surface area (Å²) in [6.07, 6.45) is 1.83. The Morgan fingerprint density at radius 1 is 1.19 bits per heavy atom. The van der Waals surface area contributed by atoms with Crippen molar-refractivity contribution in [2.24, 2.45) is 0 Å². The van der Waals surface area contributed by atoms with Gasteiger partial charge in [-0.1, -0.05) is 24.3 Å². The number of para-hydroxylation sites is 1. The van der Waals surface area contributed by atoms with E-state index in [1.54, 1.807) is 6.20 Å². The standard InChI is InChI=1S/C16H15N3O2/c20-15(18-10-11-5-3-4-8-17-11)9-13-12-6-1-2-7-14(12)19-16(13)21/h1-8,13H,9-10H2,(H,18,20)(H,19,21). The first kappa shape index (κ1) is 13.3. The summed E-state index contributed by atoms with van der Waals surface area (Å²) >= 11 is 0. The van der Waals surface area contributed by atoms with Crippen molar-refractivity contribution >= 4 is 17.5 Å². The topological polar surface area (TPSA) is 71.1 Å². The summed E-state index contributed by atoms with van der Waals surface area (Å²) in [4.78, 5) is 28.1. The number of benzene rings is 1. The first-order chi connectivity index (χ1) is 10.2. The molecule has 0 aliphatic carbocycles.